The summed E-state index contributed by atoms with van der Waals surface area (Å²) in [6, 6.07) is 1.07. The van der Waals surface area contributed by atoms with Crippen LogP contribution in [0.25, 0.3) is 11.0 Å². The molecule has 168 valence electrons. The van der Waals surface area contributed by atoms with Crippen molar-refractivity contribution in [2.24, 2.45) is 5.16 Å². The van der Waals surface area contributed by atoms with E-state index in [2.05, 4.69) is 10.1 Å². The first-order valence-corrected chi connectivity index (χ1v) is 11.1. The minimum absolute atomic E-state index is 0.0218. The summed E-state index contributed by atoms with van der Waals surface area (Å²) in [5.41, 5.74) is -0.833. The first-order valence-electron chi connectivity index (χ1n) is 9.30. The normalized spacial score (nSPS) is 17.5. The van der Waals surface area contributed by atoms with Gasteiger partial charge in [-0.05, 0) is 25.3 Å². The second-order valence-electron chi connectivity index (χ2n) is 7.14. The van der Waals surface area contributed by atoms with Gasteiger partial charge in [0.15, 0.2) is 0 Å². The summed E-state index contributed by atoms with van der Waals surface area (Å²) in [6.45, 7) is 0.515. The first kappa shape index (κ1) is 22.6. The van der Waals surface area contributed by atoms with Crippen LogP contribution < -0.4 is 10.3 Å². The van der Waals surface area contributed by atoms with Gasteiger partial charge in [-0.15, -0.1) is 0 Å². The van der Waals surface area contributed by atoms with Crippen molar-refractivity contribution in [3.63, 3.8) is 0 Å². The highest BCUT2D eigenvalue weighted by Crippen LogP contribution is 2.42. The molecular weight excluding hydrogens is 435 g/mol. The van der Waals surface area contributed by atoms with E-state index in [1.807, 2.05) is 0 Å². The number of carbonyl (C=O) groups is 1. The van der Waals surface area contributed by atoms with Crippen LogP contribution >= 0.6 is 0 Å². The van der Waals surface area contributed by atoms with Gasteiger partial charge in [0.1, 0.15) is 35.8 Å². The fraction of sp³-hybridized carbons (Fsp3) is 0.444. The number of oxime groups is 1. The number of hydrogen-bond acceptors (Lipinski definition) is 7. The first-order chi connectivity index (χ1) is 14.5. The van der Waals surface area contributed by atoms with Gasteiger partial charge < -0.3 is 19.4 Å². The van der Waals surface area contributed by atoms with E-state index in [0.717, 1.165) is 31.5 Å². The molecule has 4 rings (SSSR count). The van der Waals surface area contributed by atoms with Crippen LogP contribution in [0.3, 0.4) is 0 Å². The van der Waals surface area contributed by atoms with Crippen molar-refractivity contribution in [3.8, 4) is 0 Å². The largest absolute Gasteiger partial charge is 0.477 e. The average molecular weight is 456 g/mol. The number of carboxylic acids is 1. The molecule has 31 heavy (non-hydrogen) atoms. The third kappa shape index (κ3) is 4.99. The van der Waals surface area contributed by atoms with E-state index in [4.69, 9.17) is 9.39 Å². The quantitative estimate of drug-likeness (QED) is 0.516. The maximum atomic E-state index is 13.7. The molecule has 13 heteroatoms. The average Bonchev–Trinajstić information content (AvgIpc) is 3.39. The molecule has 0 aromatic carbocycles. The van der Waals surface area contributed by atoms with Gasteiger partial charge >= 0.3 is 5.97 Å². The molecule has 0 atom stereocenters. The Morgan fingerprint density at radius 1 is 1.39 bits per heavy atom. The molecule has 0 amide bonds. The lowest BCUT2D eigenvalue weighted by Gasteiger charge is -2.26. The highest BCUT2D eigenvalue weighted by atomic mass is 32.2. The fourth-order valence-electron chi connectivity index (χ4n) is 3.47. The minimum Gasteiger partial charge on any atom is -0.477 e. The zero-order valence-electron chi connectivity index (χ0n) is 16.8. The highest BCUT2D eigenvalue weighted by molar-refractivity contribution is 7.85. The van der Waals surface area contributed by atoms with Gasteiger partial charge in [0, 0.05) is 19.0 Å². The molecule has 0 bridgehead atoms. The van der Waals surface area contributed by atoms with Crippen LogP contribution in [0.1, 0.15) is 42.1 Å². The van der Waals surface area contributed by atoms with Crippen molar-refractivity contribution in [3.05, 3.63) is 33.9 Å². The summed E-state index contributed by atoms with van der Waals surface area (Å²) in [7, 11) is -2.25. The molecule has 1 aliphatic heterocycles. The Morgan fingerprint density at radius 2 is 2.03 bits per heavy atom. The Bertz CT molecular complexity index is 1210. The molecule has 2 aromatic rings. The molecule has 3 heterocycles. The number of carboxylic acid groups (broad SMARTS) is 1. The second kappa shape index (κ2) is 8.59. The maximum absolute atomic E-state index is 13.7. The van der Waals surface area contributed by atoms with Crippen LogP contribution in [0, 0.1) is 5.82 Å². The number of hydrogen-bond donors (Lipinski definition) is 2. The van der Waals surface area contributed by atoms with E-state index in [9.17, 15) is 27.5 Å². The van der Waals surface area contributed by atoms with Crippen molar-refractivity contribution >= 4 is 38.8 Å². The number of aromatic carboxylic acids is 1. The molecule has 2 aliphatic rings. The Labute approximate surface area is 176 Å². The molecule has 0 unspecified atom stereocenters. The Kier molecular flexibility index (Phi) is 6.27. The molecule has 1 saturated carbocycles. The summed E-state index contributed by atoms with van der Waals surface area (Å²) >= 11 is 0. The third-order valence-corrected chi connectivity index (χ3v) is 4.66. The van der Waals surface area contributed by atoms with Gasteiger partial charge in [0.25, 0.3) is 10.1 Å². The van der Waals surface area contributed by atoms with Crippen molar-refractivity contribution < 1.29 is 32.1 Å². The van der Waals surface area contributed by atoms with Crippen LogP contribution in [0.15, 0.2) is 22.2 Å². The van der Waals surface area contributed by atoms with Crippen LogP contribution in [0.4, 0.5) is 10.2 Å². The molecule has 11 nitrogen and oxygen atoms in total. The molecule has 1 saturated heterocycles. The predicted octanol–water partition coefficient (Wildman–Crippen LogP) is 1.63. The lowest BCUT2D eigenvalue weighted by Crippen LogP contribution is -2.34. The van der Waals surface area contributed by atoms with Gasteiger partial charge in [0.2, 0.25) is 5.43 Å². The number of halogens is 1. The lowest BCUT2D eigenvalue weighted by molar-refractivity contribution is 0.0695. The van der Waals surface area contributed by atoms with E-state index < -0.39 is 27.3 Å². The molecular formula is C18H21FN4O7S. The highest BCUT2D eigenvalue weighted by Gasteiger charge is 2.36. The van der Waals surface area contributed by atoms with Crippen molar-refractivity contribution in [1.29, 1.82) is 0 Å². The summed E-state index contributed by atoms with van der Waals surface area (Å²) in [5.74, 6) is -1.21. The van der Waals surface area contributed by atoms with Gasteiger partial charge in [-0.25, -0.2) is 14.2 Å². The smallest absolute Gasteiger partial charge is 0.343 e. The Balaban J connectivity index is 0.000000491. The summed E-state index contributed by atoms with van der Waals surface area (Å²) in [4.78, 5) is 35.5. The van der Waals surface area contributed by atoms with E-state index in [0.29, 0.717) is 30.7 Å². The van der Waals surface area contributed by atoms with Crippen LogP contribution in [0.2, 0.25) is 0 Å². The maximum Gasteiger partial charge on any atom is 0.343 e. The predicted molar refractivity (Wildman–Crippen MR) is 110 cm³/mol. The van der Waals surface area contributed by atoms with Gasteiger partial charge in [0.05, 0.1) is 17.8 Å². The third-order valence-electron chi connectivity index (χ3n) is 4.66. The summed E-state index contributed by atoms with van der Waals surface area (Å²) in [6.07, 6.45) is 4.81. The van der Waals surface area contributed by atoms with Crippen molar-refractivity contribution in [2.75, 3.05) is 24.8 Å². The van der Waals surface area contributed by atoms with Gasteiger partial charge in [-0.2, -0.15) is 8.42 Å². The number of amidine groups is 1. The van der Waals surface area contributed by atoms with Crippen molar-refractivity contribution in [2.45, 2.75) is 31.7 Å². The molecule has 2 fully saturated rings. The molecule has 2 aromatic heterocycles. The topological polar surface area (TPSA) is 151 Å². The standard InChI is InChI=1S/C17H17FN4O4.CH4O3S/c1-26-20-12-3-2-6-21(12)16-13(17(24)25)14(23)11-7-9(18)8-19-15(11)22(16)10-4-5-10;1-5(2,3)4/h7-8,10H,2-6H2,1H3,(H,24,25);1H3,(H,2,3,4). The molecule has 0 spiro atoms. The Hall–Kier alpha value is -3.06. The minimum atomic E-state index is -3.67. The fourth-order valence-corrected chi connectivity index (χ4v) is 3.47. The zero-order chi connectivity index (χ0) is 22.9. The molecule has 1 aliphatic carbocycles. The van der Waals surface area contributed by atoms with E-state index in [1.165, 1.54) is 7.11 Å². The van der Waals surface area contributed by atoms with E-state index in [-0.39, 0.29) is 22.8 Å². The van der Waals surface area contributed by atoms with Gasteiger partial charge in [-0.3, -0.25) is 9.35 Å². The summed E-state index contributed by atoms with van der Waals surface area (Å²) < 4.78 is 41.3. The zero-order valence-corrected chi connectivity index (χ0v) is 17.6. The van der Waals surface area contributed by atoms with Crippen LogP contribution in [0.5, 0.6) is 0 Å². The van der Waals surface area contributed by atoms with Crippen molar-refractivity contribution in [1.82, 2.24) is 9.55 Å². The number of anilines is 1. The van der Waals surface area contributed by atoms with Gasteiger partial charge in [-0.1, -0.05) is 5.16 Å². The van der Waals surface area contributed by atoms with Crippen LogP contribution in [-0.4, -0.2) is 59.3 Å². The Morgan fingerprint density at radius 3 is 2.58 bits per heavy atom. The van der Waals surface area contributed by atoms with E-state index in [1.54, 1.807) is 9.47 Å². The molecule has 2 N–H and O–H groups in total. The second-order valence-corrected chi connectivity index (χ2v) is 8.60. The SMILES string of the molecule is CON=C1CCCN1c1c(C(=O)O)c(=O)c2cc(F)cnc2n1C1CC1.CS(=O)(=O)O. The molecule has 0 radical (unpaired) electrons. The number of fused-ring (bicyclic) bond motifs is 1. The van der Waals surface area contributed by atoms with E-state index >= 15 is 0 Å². The number of nitrogens with zero attached hydrogens (tertiary/aromatic N) is 4. The van der Waals surface area contributed by atoms with Crippen LogP contribution in [-0.2, 0) is 15.0 Å². The number of rotatable bonds is 4. The monoisotopic (exact) mass is 456 g/mol. The lowest BCUT2D eigenvalue weighted by atomic mass is 10.1. The number of pyridine rings is 2. The summed E-state index contributed by atoms with van der Waals surface area (Å²) in [5, 5.41) is 13.7. The number of aromatic nitrogens is 2.